The van der Waals surface area contributed by atoms with Crippen molar-refractivity contribution >= 4 is 35.0 Å². The normalized spacial score (nSPS) is 11.3. The van der Waals surface area contributed by atoms with Gasteiger partial charge in [0, 0.05) is 11.1 Å². The molecule has 0 saturated heterocycles. The second-order valence-electron chi connectivity index (χ2n) is 4.15. The molecule has 0 aliphatic heterocycles. The Bertz CT molecular complexity index is 715. The zero-order chi connectivity index (χ0) is 16.1. The molecule has 7 nitrogen and oxygen atoms in total. The molecule has 2 rings (SSSR count). The van der Waals surface area contributed by atoms with Gasteiger partial charge in [-0.3, -0.25) is 0 Å². The number of carbonyl (C=O) groups is 1. The number of carbonyl (C=O) groups excluding carboxylic acids is 1. The van der Waals surface area contributed by atoms with Crippen LogP contribution in [-0.4, -0.2) is 23.6 Å². The molecule has 0 amide bonds. The van der Waals surface area contributed by atoms with Gasteiger partial charge in [-0.1, -0.05) is 33.5 Å². The van der Waals surface area contributed by atoms with Crippen molar-refractivity contribution in [2.24, 2.45) is 10.9 Å². The van der Waals surface area contributed by atoms with E-state index in [1.807, 2.05) is 0 Å². The van der Waals surface area contributed by atoms with Crippen molar-refractivity contribution in [1.82, 2.24) is 5.16 Å². The maximum atomic E-state index is 11.5. The average Bonchev–Trinajstić information content (AvgIpc) is 2.90. The van der Waals surface area contributed by atoms with Gasteiger partial charge in [-0.2, -0.15) is 0 Å². The summed E-state index contributed by atoms with van der Waals surface area (Å²) in [4.78, 5) is 16.2. The Morgan fingerprint density at radius 2 is 2.18 bits per heavy atom. The molecule has 0 spiro atoms. The molecule has 2 aromatic rings. The third kappa shape index (κ3) is 4.37. The molecule has 0 radical (unpaired) electrons. The van der Waals surface area contributed by atoms with Gasteiger partial charge < -0.3 is 19.8 Å². The van der Waals surface area contributed by atoms with E-state index in [2.05, 4.69) is 15.1 Å². The molecule has 0 fully saturated rings. The number of oxime groups is 1. The van der Waals surface area contributed by atoms with E-state index >= 15 is 0 Å². The highest BCUT2D eigenvalue weighted by Gasteiger charge is 2.13. The Balaban J connectivity index is 1.89. The van der Waals surface area contributed by atoms with Crippen LogP contribution >= 0.6 is 23.2 Å². The first-order valence-corrected chi connectivity index (χ1v) is 6.76. The van der Waals surface area contributed by atoms with Crippen molar-refractivity contribution in [3.05, 3.63) is 45.8 Å². The van der Waals surface area contributed by atoms with E-state index in [9.17, 15) is 4.79 Å². The Kier molecular flexibility index (Phi) is 5.24. The summed E-state index contributed by atoms with van der Waals surface area (Å²) < 4.78 is 10.1. The highest BCUT2D eigenvalue weighted by molar-refractivity contribution is 6.35. The number of nitrogens with two attached hydrogens (primary N) is 1. The molecule has 116 valence electrons. The van der Waals surface area contributed by atoms with E-state index in [1.165, 1.54) is 12.1 Å². The van der Waals surface area contributed by atoms with E-state index in [-0.39, 0.29) is 18.1 Å². The van der Waals surface area contributed by atoms with Crippen molar-refractivity contribution in [2.45, 2.75) is 6.92 Å². The summed E-state index contributed by atoms with van der Waals surface area (Å²) >= 11 is 11.7. The Hall–Kier alpha value is -2.25. The Labute approximate surface area is 135 Å². The minimum absolute atomic E-state index is 0.00397. The summed E-state index contributed by atoms with van der Waals surface area (Å²) in [5, 5.41) is 7.74. The highest BCUT2D eigenvalue weighted by Crippen LogP contribution is 2.27. The summed E-state index contributed by atoms with van der Waals surface area (Å²) in [7, 11) is 0. The number of aromatic nitrogens is 1. The standard InChI is InChI=1S/C13H11Cl2N3O4/c1-7-4-10(17-21-7)13(19)22-18-12(16)6-20-11-3-2-8(14)5-9(11)15/h2-5H,6H2,1H3,(H2,16,18). The van der Waals surface area contributed by atoms with E-state index in [0.29, 0.717) is 21.6 Å². The first-order chi connectivity index (χ1) is 10.5. The van der Waals surface area contributed by atoms with Crippen LogP contribution in [-0.2, 0) is 4.84 Å². The number of nitrogens with zero attached hydrogens (tertiary/aromatic N) is 2. The fourth-order valence-electron chi connectivity index (χ4n) is 1.38. The quantitative estimate of drug-likeness (QED) is 0.387. The van der Waals surface area contributed by atoms with Gasteiger partial charge in [-0.25, -0.2) is 4.79 Å². The minimum atomic E-state index is -0.788. The van der Waals surface area contributed by atoms with Gasteiger partial charge in [0.05, 0.1) is 5.02 Å². The second kappa shape index (κ2) is 7.15. The topological polar surface area (TPSA) is 99.9 Å². The number of benzene rings is 1. The first kappa shape index (κ1) is 16.1. The molecule has 9 heteroatoms. The van der Waals surface area contributed by atoms with Crippen LogP contribution in [0.5, 0.6) is 5.75 Å². The Morgan fingerprint density at radius 1 is 1.41 bits per heavy atom. The summed E-state index contributed by atoms with van der Waals surface area (Å²) in [6.45, 7) is 1.53. The van der Waals surface area contributed by atoms with Gasteiger partial charge in [0.15, 0.2) is 11.5 Å². The monoisotopic (exact) mass is 343 g/mol. The maximum absolute atomic E-state index is 11.5. The molecule has 22 heavy (non-hydrogen) atoms. The van der Waals surface area contributed by atoms with Crippen molar-refractivity contribution < 1.29 is 18.9 Å². The summed E-state index contributed by atoms with van der Waals surface area (Å²) in [6.07, 6.45) is 0. The first-order valence-electron chi connectivity index (χ1n) is 6.00. The second-order valence-corrected chi connectivity index (χ2v) is 4.99. The Morgan fingerprint density at radius 3 is 2.82 bits per heavy atom. The smallest absolute Gasteiger partial charge is 0.387 e. The fourth-order valence-corrected chi connectivity index (χ4v) is 1.84. The van der Waals surface area contributed by atoms with Crippen LogP contribution in [0.2, 0.25) is 10.0 Å². The molecule has 0 bridgehead atoms. The zero-order valence-corrected chi connectivity index (χ0v) is 12.9. The molecule has 0 saturated carbocycles. The molecular formula is C13H11Cl2N3O4. The lowest BCUT2D eigenvalue weighted by Gasteiger charge is -2.07. The van der Waals surface area contributed by atoms with Gasteiger partial charge >= 0.3 is 5.97 Å². The van der Waals surface area contributed by atoms with Crippen LogP contribution in [0.15, 0.2) is 33.9 Å². The van der Waals surface area contributed by atoms with E-state index < -0.39 is 5.97 Å². The SMILES string of the molecule is Cc1cc(C(=O)ON=C(N)COc2ccc(Cl)cc2Cl)no1. The largest absolute Gasteiger partial charge is 0.484 e. The van der Waals surface area contributed by atoms with Gasteiger partial charge in [0.1, 0.15) is 18.1 Å². The summed E-state index contributed by atoms with van der Waals surface area (Å²) in [5.41, 5.74) is 5.56. The van der Waals surface area contributed by atoms with Crippen molar-refractivity contribution in [3.8, 4) is 5.75 Å². The average molecular weight is 344 g/mol. The van der Waals surface area contributed by atoms with Crippen LogP contribution < -0.4 is 10.5 Å². The molecular weight excluding hydrogens is 333 g/mol. The fraction of sp³-hybridized carbons (Fsp3) is 0.154. The van der Waals surface area contributed by atoms with Crippen LogP contribution in [0.4, 0.5) is 0 Å². The predicted octanol–water partition coefficient (Wildman–Crippen LogP) is 2.80. The molecule has 0 unspecified atom stereocenters. The molecule has 2 N–H and O–H groups in total. The number of ether oxygens (including phenoxy) is 1. The van der Waals surface area contributed by atoms with Gasteiger partial charge in [-0.15, -0.1) is 0 Å². The van der Waals surface area contributed by atoms with Gasteiger partial charge in [0.2, 0.25) is 0 Å². The molecule has 0 atom stereocenters. The van der Waals surface area contributed by atoms with E-state index in [1.54, 1.807) is 19.1 Å². The number of amidine groups is 1. The number of hydrogen-bond acceptors (Lipinski definition) is 6. The predicted molar refractivity (Wildman–Crippen MR) is 80.2 cm³/mol. The van der Waals surface area contributed by atoms with Crippen LogP contribution in [0.1, 0.15) is 16.2 Å². The lowest BCUT2D eigenvalue weighted by Crippen LogP contribution is -2.22. The third-order valence-corrected chi connectivity index (χ3v) is 2.88. The third-order valence-electron chi connectivity index (χ3n) is 2.35. The molecule has 1 aromatic heterocycles. The van der Waals surface area contributed by atoms with Crippen LogP contribution in [0, 0.1) is 6.92 Å². The summed E-state index contributed by atoms with van der Waals surface area (Å²) in [5.74, 6) is 0.0104. The summed E-state index contributed by atoms with van der Waals surface area (Å²) in [6, 6.07) is 6.14. The van der Waals surface area contributed by atoms with E-state index in [4.69, 9.17) is 38.2 Å². The van der Waals surface area contributed by atoms with Crippen molar-refractivity contribution in [2.75, 3.05) is 6.61 Å². The van der Waals surface area contributed by atoms with Gasteiger partial charge in [0.25, 0.3) is 0 Å². The lowest BCUT2D eigenvalue weighted by atomic mass is 10.3. The minimum Gasteiger partial charge on any atom is -0.484 e. The van der Waals surface area contributed by atoms with Gasteiger partial charge in [-0.05, 0) is 25.1 Å². The number of hydrogen-bond donors (Lipinski definition) is 1. The molecule has 0 aliphatic carbocycles. The highest BCUT2D eigenvalue weighted by atomic mass is 35.5. The molecule has 1 aromatic carbocycles. The number of aryl methyl sites for hydroxylation is 1. The van der Waals surface area contributed by atoms with Crippen molar-refractivity contribution in [1.29, 1.82) is 0 Å². The number of halogens is 2. The van der Waals surface area contributed by atoms with Crippen LogP contribution in [0.25, 0.3) is 0 Å². The number of rotatable bonds is 5. The van der Waals surface area contributed by atoms with Crippen molar-refractivity contribution in [3.63, 3.8) is 0 Å². The van der Waals surface area contributed by atoms with E-state index in [0.717, 1.165) is 0 Å². The maximum Gasteiger partial charge on any atom is 0.387 e. The lowest BCUT2D eigenvalue weighted by molar-refractivity contribution is 0.0501. The molecule has 1 heterocycles. The molecule has 0 aliphatic rings. The van der Waals surface area contributed by atoms with Crippen LogP contribution in [0.3, 0.4) is 0 Å². The zero-order valence-electron chi connectivity index (χ0n) is 11.4.